The van der Waals surface area contributed by atoms with Crippen molar-refractivity contribution in [2.75, 3.05) is 18.9 Å². The summed E-state index contributed by atoms with van der Waals surface area (Å²) in [5.74, 6) is -1.09. The summed E-state index contributed by atoms with van der Waals surface area (Å²) < 4.78 is 53.5. The van der Waals surface area contributed by atoms with Gasteiger partial charge in [-0.2, -0.15) is 0 Å². The molecule has 12 atom stereocenters. The Bertz CT molecular complexity index is 2150. The van der Waals surface area contributed by atoms with Crippen molar-refractivity contribution in [3.63, 3.8) is 0 Å². The fourth-order valence-corrected chi connectivity index (χ4v) is 11.1. The summed E-state index contributed by atoms with van der Waals surface area (Å²) in [6.07, 6.45) is -0.351. The van der Waals surface area contributed by atoms with Gasteiger partial charge in [-0.3, -0.25) is 18.4 Å². The van der Waals surface area contributed by atoms with Crippen LogP contribution in [0.5, 0.6) is 0 Å². The van der Waals surface area contributed by atoms with E-state index in [1.54, 1.807) is 16.1 Å². The van der Waals surface area contributed by atoms with Crippen LogP contribution in [0.2, 0.25) is 0 Å². The number of hydrogen-bond acceptors (Lipinski definition) is 15. The van der Waals surface area contributed by atoms with Crippen molar-refractivity contribution in [1.29, 1.82) is 0 Å². The number of nitrogens with zero attached hydrogens (tertiary/aromatic N) is 7. The third-order valence-electron chi connectivity index (χ3n) is 10.7. The molecule has 0 radical (unpaired) electrons. The standard InChI is InChI=1S/C25H29N9O10P2S/c1-9-31-22-14(23(37)32-9)29-7-33(22)15-12-2-24(12)5-42-46(40,47)43-17-10(4-41-45(38,39)44-19(24)16(15)35)11-3-25(11,18(17)36)34-8-30-13-20(26)27-6-28-21(13)34/h6-8,10-12,15-19,35-36H,2-5H2,1H3,(H,38,39)(H,40,47)(H2,26,27,28)(H,31,32,37)/t10-,11-,12+,15+,16-,17+,18+,19-,24?,25?,46+/m0/s1. The van der Waals surface area contributed by atoms with Crippen LogP contribution in [0, 0.1) is 30.1 Å². The van der Waals surface area contributed by atoms with Crippen molar-refractivity contribution in [3.05, 3.63) is 35.2 Å². The van der Waals surface area contributed by atoms with Gasteiger partial charge in [0.2, 0.25) is 0 Å². The monoisotopic (exact) mass is 709 g/mol. The molecule has 4 aromatic heterocycles. The highest BCUT2D eigenvalue weighted by Crippen LogP contribution is 2.74. The number of phosphoric acid groups is 1. The molecule has 1 spiro atoms. The summed E-state index contributed by atoms with van der Waals surface area (Å²) in [5, 5.41) is 23.3. The molecular formula is C25H29N9O10P2S. The van der Waals surface area contributed by atoms with Gasteiger partial charge in [0.05, 0.1) is 37.4 Å². The number of aliphatic hydroxyl groups is 2. The molecule has 6 N–H and O–H groups in total. The molecule has 22 heteroatoms. The van der Waals surface area contributed by atoms with Crippen molar-refractivity contribution in [2.45, 2.75) is 55.8 Å². The van der Waals surface area contributed by atoms with Gasteiger partial charge >= 0.3 is 14.6 Å². The minimum atomic E-state index is -4.86. The zero-order valence-corrected chi connectivity index (χ0v) is 27.1. The Morgan fingerprint density at radius 2 is 1.85 bits per heavy atom. The van der Waals surface area contributed by atoms with Gasteiger partial charge in [-0.15, -0.1) is 0 Å². The van der Waals surface area contributed by atoms with E-state index in [-0.39, 0.29) is 29.5 Å². The van der Waals surface area contributed by atoms with Gasteiger partial charge in [-0.05, 0) is 31.6 Å². The number of fused-ring (bicyclic) bond motifs is 5. The molecule has 1 saturated heterocycles. The van der Waals surface area contributed by atoms with Crippen LogP contribution in [0.25, 0.3) is 22.3 Å². The summed E-state index contributed by atoms with van der Waals surface area (Å²) in [6, 6.07) is -0.788. The molecule has 4 aromatic rings. The smallest absolute Gasteiger partial charge is 0.388 e. The highest BCUT2D eigenvalue weighted by Gasteiger charge is 2.76. The van der Waals surface area contributed by atoms with Gasteiger partial charge in [-0.1, -0.05) is 12.2 Å². The van der Waals surface area contributed by atoms with Crippen molar-refractivity contribution in [3.8, 4) is 0 Å². The van der Waals surface area contributed by atoms with Crippen LogP contribution in [-0.2, 0) is 32.8 Å². The Kier molecular flexibility index (Phi) is 6.24. The molecule has 5 heterocycles. The highest BCUT2D eigenvalue weighted by molar-refractivity contribution is 8.44. The summed E-state index contributed by atoms with van der Waals surface area (Å²) in [6.45, 7) is -3.36. The van der Waals surface area contributed by atoms with E-state index >= 15 is 0 Å². The fraction of sp³-hybridized carbons (Fsp3) is 0.600. The number of H-pyrrole nitrogens is 1. The Morgan fingerprint density at radius 1 is 1.06 bits per heavy atom. The predicted molar refractivity (Wildman–Crippen MR) is 162 cm³/mol. The average molecular weight is 710 g/mol. The van der Waals surface area contributed by atoms with E-state index in [1.165, 1.54) is 19.0 Å². The highest BCUT2D eigenvalue weighted by atomic mass is 32.7. The van der Waals surface area contributed by atoms with Gasteiger partial charge in [0, 0.05) is 11.3 Å². The third kappa shape index (κ3) is 4.20. The van der Waals surface area contributed by atoms with Crippen molar-refractivity contribution < 1.29 is 42.3 Å². The second kappa shape index (κ2) is 9.68. The number of thiol groups is 1. The minimum Gasteiger partial charge on any atom is -0.388 e. The van der Waals surface area contributed by atoms with E-state index in [0.717, 1.165) is 0 Å². The second-order valence-electron chi connectivity index (χ2n) is 13.1. The quantitative estimate of drug-likeness (QED) is 0.122. The van der Waals surface area contributed by atoms with Gasteiger partial charge < -0.3 is 39.5 Å². The first-order valence-corrected chi connectivity index (χ1v) is 19.0. The molecule has 3 unspecified atom stereocenters. The number of anilines is 1. The van der Waals surface area contributed by atoms with Crippen molar-refractivity contribution in [1.82, 2.24) is 39.0 Å². The number of hydrogen-bond donors (Lipinski definition) is 6. The molecule has 0 bridgehead atoms. The number of aromatic amines is 1. The number of aromatic nitrogens is 8. The molecule has 19 nitrogen and oxygen atoms in total. The Morgan fingerprint density at radius 3 is 2.66 bits per heavy atom. The predicted octanol–water partition coefficient (Wildman–Crippen LogP) is 0.433. The van der Waals surface area contributed by atoms with Gasteiger partial charge in [0.25, 0.3) is 5.56 Å². The number of phosphoric ester groups is 1. The molecule has 5 aliphatic rings. The number of aryl methyl sites for hydroxylation is 1. The third-order valence-corrected chi connectivity index (χ3v) is 13.3. The van der Waals surface area contributed by atoms with Gasteiger partial charge in [0.15, 0.2) is 22.6 Å². The lowest BCUT2D eigenvalue weighted by atomic mass is 10.0. The maximum Gasteiger partial charge on any atom is 0.472 e. The number of aliphatic hydroxyl groups excluding tert-OH is 2. The van der Waals surface area contributed by atoms with Crippen LogP contribution in [0.15, 0.2) is 23.8 Å². The van der Waals surface area contributed by atoms with E-state index in [1.807, 2.05) is 0 Å². The van der Waals surface area contributed by atoms with Crippen LogP contribution in [-0.4, -0.2) is 91.8 Å². The van der Waals surface area contributed by atoms with Crippen molar-refractivity contribution >= 4 is 55.0 Å². The lowest BCUT2D eigenvalue weighted by Crippen LogP contribution is -2.41. The summed E-state index contributed by atoms with van der Waals surface area (Å²) >= 11 is 4.25. The second-order valence-corrected chi connectivity index (χ2v) is 17.3. The number of imidazole rings is 2. The fourth-order valence-electron chi connectivity index (χ4n) is 8.49. The first kappa shape index (κ1) is 30.3. The lowest BCUT2D eigenvalue weighted by molar-refractivity contribution is -0.0502. The number of nitrogens with one attached hydrogen (secondary N) is 1. The van der Waals surface area contributed by atoms with E-state index in [4.69, 9.17) is 23.8 Å². The Labute approximate surface area is 269 Å². The molecule has 47 heavy (non-hydrogen) atoms. The van der Waals surface area contributed by atoms with Gasteiger partial charge in [-0.25, -0.2) is 34.0 Å². The molecule has 0 aromatic carbocycles. The number of nitrogens with two attached hydrogens (primary N) is 1. The van der Waals surface area contributed by atoms with Gasteiger partial charge in [0.1, 0.15) is 42.1 Å². The number of rotatable bonds is 2. The molecule has 5 fully saturated rings. The molecule has 9 rings (SSSR count). The van der Waals surface area contributed by atoms with Crippen LogP contribution < -0.4 is 11.3 Å². The van der Waals surface area contributed by atoms with E-state index in [2.05, 4.69) is 42.2 Å². The molecule has 1 aliphatic heterocycles. The first-order valence-electron chi connectivity index (χ1n) is 14.8. The first-order chi connectivity index (χ1) is 22.3. The minimum absolute atomic E-state index is 0.0610. The Balaban J connectivity index is 1.05. The average Bonchev–Trinajstić information content (AvgIpc) is 3.72. The molecule has 0 amide bonds. The normalized spacial score (nSPS) is 44.3. The molecule has 4 aliphatic carbocycles. The van der Waals surface area contributed by atoms with E-state index < -0.39 is 80.0 Å². The largest absolute Gasteiger partial charge is 0.472 e. The van der Waals surface area contributed by atoms with Crippen LogP contribution in [0.3, 0.4) is 0 Å². The molecular weight excluding hydrogens is 680 g/mol. The summed E-state index contributed by atoms with van der Waals surface area (Å²) in [7, 11) is -4.86. The van der Waals surface area contributed by atoms with E-state index in [9.17, 15) is 29.0 Å². The SMILES string of the molecule is Cc1nc2c(ncn2[C@H]2[C@H](O)[C@@H]3OP(=O)(O)OC[C@@H]4[C@@H](O[P@](=O)(S)OCC35C[C@H]25)[C@@H](O)C2(n3cnc5c(N)ncnc53)C[C@@H]42)c(=O)[nH]1. The maximum absolute atomic E-state index is 13.8. The van der Waals surface area contributed by atoms with Crippen LogP contribution in [0.1, 0.15) is 24.7 Å². The zero-order valence-electron chi connectivity index (χ0n) is 24.4. The van der Waals surface area contributed by atoms with E-state index in [0.29, 0.717) is 29.8 Å². The molecule has 250 valence electrons. The van der Waals surface area contributed by atoms with Crippen LogP contribution >= 0.6 is 26.9 Å². The number of nitrogen functional groups attached to an aromatic ring is 1. The summed E-state index contributed by atoms with van der Waals surface area (Å²) in [5.41, 5.74) is 4.37. The lowest BCUT2D eigenvalue weighted by Gasteiger charge is -2.33. The topological polar surface area (TPSA) is 265 Å². The zero-order chi connectivity index (χ0) is 32.8. The van der Waals surface area contributed by atoms with Crippen molar-refractivity contribution in [2.24, 2.45) is 23.2 Å². The maximum atomic E-state index is 13.8. The Hall–Kier alpha value is -2.77. The molecule has 4 saturated carbocycles. The summed E-state index contributed by atoms with van der Waals surface area (Å²) in [4.78, 5) is 47.2. The van der Waals surface area contributed by atoms with Crippen LogP contribution in [0.4, 0.5) is 5.82 Å².